The van der Waals surface area contributed by atoms with E-state index in [1.807, 2.05) is 54.6 Å². The summed E-state index contributed by atoms with van der Waals surface area (Å²) in [6.45, 7) is 9.41. The molecule has 2 atom stereocenters. The SMILES string of the molecule is CCCCC(CC)CC1(CC(CC)CCCC)c2cc(-c3ccc(C#N)cc3)ccc2-c2ccc(-c3ccc(C(=O)c4ccccc4)cc3)cc21. The molecule has 2 nitrogen and oxygen atoms in total. The second-order valence-corrected chi connectivity index (χ2v) is 14.8. The Bertz CT molecular complexity index is 1940. The number of fused-ring (bicyclic) bond motifs is 3. The number of ketones is 1. The molecule has 0 bridgehead atoms. The van der Waals surface area contributed by atoms with Crippen molar-refractivity contribution in [1.82, 2.24) is 0 Å². The van der Waals surface area contributed by atoms with Gasteiger partial charge in [-0.3, -0.25) is 4.79 Å². The highest BCUT2D eigenvalue weighted by Gasteiger charge is 2.45. The van der Waals surface area contributed by atoms with Gasteiger partial charge in [-0.2, -0.15) is 5.26 Å². The minimum absolute atomic E-state index is 0.0546. The zero-order valence-electron chi connectivity index (χ0n) is 31.1. The number of unbranched alkanes of at least 4 members (excludes halogenated alkanes) is 2. The van der Waals surface area contributed by atoms with Crippen molar-refractivity contribution in [3.05, 3.63) is 143 Å². The van der Waals surface area contributed by atoms with Crippen molar-refractivity contribution in [2.24, 2.45) is 11.8 Å². The number of nitrogens with zero attached hydrogens (tertiary/aromatic N) is 1. The average molecular weight is 672 g/mol. The fraction of sp³-hybridized carbons (Fsp3) is 0.347. The van der Waals surface area contributed by atoms with Crippen LogP contribution in [-0.4, -0.2) is 5.78 Å². The van der Waals surface area contributed by atoms with E-state index in [0.29, 0.717) is 28.5 Å². The third kappa shape index (κ3) is 7.64. The highest BCUT2D eigenvalue weighted by atomic mass is 16.1. The lowest BCUT2D eigenvalue weighted by atomic mass is 9.64. The molecule has 0 spiro atoms. The maximum Gasteiger partial charge on any atom is 0.193 e. The molecule has 0 aliphatic heterocycles. The quantitative estimate of drug-likeness (QED) is 0.0980. The Morgan fingerprint density at radius 2 is 1.04 bits per heavy atom. The first-order valence-corrected chi connectivity index (χ1v) is 19.4. The third-order valence-corrected chi connectivity index (χ3v) is 11.6. The van der Waals surface area contributed by atoms with Crippen molar-refractivity contribution < 1.29 is 4.79 Å². The van der Waals surface area contributed by atoms with Crippen LogP contribution >= 0.6 is 0 Å². The van der Waals surface area contributed by atoms with E-state index in [9.17, 15) is 10.1 Å². The second kappa shape index (κ2) is 16.5. The van der Waals surface area contributed by atoms with Crippen molar-refractivity contribution >= 4 is 5.78 Å². The van der Waals surface area contributed by atoms with Crippen LogP contribution in [0.15, 0.2) is 115 Å². The van der Waals surface area contributed by atoms with Gasteiger partial charge in [0.15, 0.2) is 5.78 Å². The van der Waals surface area contributed by atoms with E-state index < -0.39 is 0 Å². The minimum atomic E-state index is -0.102. The monoisotopic (exact) mass is 671 g/mol. The molecule has 0 fully saturated rings. The first-order valence-electron chi connectivity index (χ1n) is 19.4. The summed E-state index contributed by atoms with van der Waals surface area (Å²) in [4.78, 5) is 13.2. The Morgan fingerprint density at radius 1 is 0.588 bits per heavy atom. The highest BCUT2D eigenvalue weighted by molar-refractivity contribution is 6.09. The Balaban J connectivity index is 1.49. The van der Waals surface area contributed by atoms with Crippen molar-refractivity contribution in [2.45, 2.75) is 97.3 Å². The Kier molecular flexibility index (Phi) is 11.7. The molecule has 0 saturated carbocycles. The van der Waals surface area contributed by atoms with Crippen LogP contribution in [0.3, 0.4) is 0 Å². The Hall–Kier alpha value is -4.74. The average Bonchev–Trinajstić information content (AvgIpc) is 3.45. The molecule has 0 radical (unpaired) electrons. The molecule has 0 heterocycles. The molecule has 0 N–H and O–H groups in total. The minimum Gasteiger partial charge on any atom is -0.289 e. The van der Waals surface area contributed by atoms with E-state index >= 15 is 0 Å². The van der Waals surface area contributed by atoms with E-state index in [0.717, 1.165) is 24.0 Å². The van der Waals surface area contributed by atoms with Crippen LogP contribution in [0.4, 0.5) is 0 Å². The largest absolute Gasteiger partial charge is 0.289 e. The van der Waals surface area contributed by atoms with Crippen LogP contribution in [0, 0.1) is 23.2 Å². The molecule has 5 aromatic rings. The third-order valence-electron chi connectivity index (χ3n) is 11.6. The van der Waals surface area contributed by atoms with Gasteiger partial charge in [-0.05, 0) is 93.5 Å². The zero-order valence-corrected chi connectivity index (χ0v) is 31.1. The molecule has 6 rings (SSSR count). The van der Waals surface area contributed by atoms with Crippen LogP contribution in [0.25, 0.3) is 33.4 Å². The smallest absolute Gasteiger partial charge is 0.193 e. The van der Waals surface area contributed by atoms with E-state index in [2.05, 4.69) is 94.4 Å². The van der Waals surface area contributed by atoms with Gasteiger partial charge in [-0.15, -0.1) is 0 Å². The first kappa shape index (κ1) is 36.1. The molecular formula is C49H53NO. The van der Waals surface area contributed by atoms with Crippen LogP contribution in [-0.2, 0) is 5.41 Å². The maximum atomic E-state index is 13.2. The lowest BCUT2D eigenvalue weighted by Gasteiger charge is -2.39. The van der Waals surface area contributed by atoms with E-state index in [1.54, 1.807) is 0 Å². The van der Waals surface area contributed by atoms with Crippen molar-refractivity contribution in [2.75, 3.05) is 0 Å². The number of benzene rings is 5. The predicted molar refractivity (Wildman–Crippen MR) is 214 cm³/mol. The number of nitriles is 1. The number of hydrogen-bond acceptors (Lipinski definition) is 2. The van der Waals surface area contributed by atoms with Crippen LogP contribution in [0.5, 0.6) is 0 Å². The molecule has 1 aliphatic carbocycles. The number of carbonyl (C=O) groups excluding carboxylic acids is 1. The molecule has 0 amide bonds. The summed E-state index contributed by atoms with van der Waals surface area (Å²) in [7, 11) is 0. The van der Waals surface area contributed by atoms with Gasteiger partial charge >= 0.3 is 0 Å². The molecular weight excluding hydrogens is 619 g/mol. The van der Waals surface area contributed by atoms with Crippen molar-refractivity contribution in [3.8, 4) is 39.4 Å². The Labute approximate surface area is 306 Å². The van der Waals surface area contributed by atoms with Gasteiger partial charge in [0.1, 0.15) is 0 Å². The molecule has 51 heavy (non-hydrogen) atoms. The summed E-state index contributed by atoms with van der Waals surface area (Å²) in [5.74, 6) is 1.33. The second-order valence-electron chi connectivity index (χ2n) is 14.8. The highest BCUT2D eigenvalue weighted by Crippen LogP contribution is 2.57. The number of carbonyl (C=O) groups is 1. The van der Waals surface area contributed by atoms with E-state index in [-0.39, 0.29) is 11.2 Å². The van der Waals surface area contributed by atoms with E-state index in [4.69, 9.17) is 0 Å². The van der Waals surface area contributed by atoms with Crippen molar-refractivity contribution in [1.29, 1.82) is 5.26 Å². The van der Waals surface area contributed by atoms with Gasteiger partial charge in [0.2, 0.25) is 0 Å². The predicted octanol–water partition coefficient (Wildman–Crippen LogP) is 13.6. The van der Waals surface area contributed by atoms with Crippen LogP contribution in [0.1, 0.15) is 125 Å². The maximum absolute atomic E-state index is 13.2. The standard InChI is InChI=1S/C49H53NO/c1-5-9-14-35(7-3)32-49(33-36(8-4)15-10-6-2)46-30-42(38-20-18-37(34-50)19-21-38)26-28-44(46)45-29-27-43(31-47(45)49)39-22-24-41(25-23-39)48(51)40-16-12-11-13-17-40/h11-13,16-31,35-36H,5-10,14-15,32-33H2,1-4H3. The summed E-state index contributed by atoms with van der Waals surface area (Å²) in [6.07, 6.45) is 12.2. The van der Waals surface area contributed by atoms with Crippen molar-refractivity contribution in [3.63, 3.8) is 0 Å². The molecule has 2 heteroatoms. The lowest BCUT2D eigenvalue weighted by molar-refractivity contribution is 0.103. The summed E-state index contributed by atoms with van der Waals surface area (Å²) in [5, 5.41) is 9.46. The first-order chi connectivity index (χ1) is 24.9. The van der Waals surface area contributed by atoms with Crippen LogP contribution in [0.2, 0.25) is 0 Å². The molecule has 0 aromatic heterocycles. The molecule has 0 saturated heterocycles. The topological polar surface area (TPSA) is 40.9 Å². The molecule has 1 aliphatic rings. The number of hydrogen-bond donors (Lipinski definition) is 0. The summed E-state index contributed by atoms with van der Waals surface area (Å²) < 4.78 is 0. The van der Waals surface area contributed by atoms with Gasteiger partial charge in [0.05, 0.1) is 11.6 Å². The summed E-state index contributed by atoms with van der Waals surface area (Å²) >= 11 is 0. The van der Waals surface area contributed by atoms with E-state index in [1.165, 1.54) is 84.7 Å². The Morgan fingerprint density at radius 3 is 1.49 bits per heavy atom. The fourth-order valence-electron chi connectivity index (χ4n) is 8.56. The fourth-order valence-corrected chi connectivity index (χ4v) is 8.56. The summed E-state index contributed by atoms with van der Waals surface area (Å²) in [5.41, 5.74) is 12.4. The molecule has 2 unspecified atom stereocenters. The van der Waals surface area contributed by atoms with Crippen LogP contribution < -0.4 is 0 Å². The van der Waals surface area contributed by atoms with Gasteiger partial charge in [-0.25, -0.2) is 0 Å². The van der Waals surface area contributed by atoms with Gasteiger partial charge in [0.25, 0.3) is 0 Å². The van der Waals surface area contributed by atoms with Gasteiger partial charge in [-0.1, -0.05) is 170 Å². The summed E-state index contributed by atoms with van der Waals surface area (Å²) in [6, 6.07) is 42.4. The van der Waals surface area contributed by atoms with Gasteiger partial charge in [0, 0.05) is 16.5 Å². The lowest BCUT2D eigenvalue weighted by Crippen LogP contribution is -2.31. The van der Waals surface area contributed by atoms with Gasteiger partial charge < -0.3 is 0 Å². The molecule has 260 valence electrons. The number of rotatable bonds is 16. The normalized spacial score (nSPS) is 15.8. The zero-order chi connectivity index (χ0) is 35.8. The molecule has 5 aromatic carbocycles.